The number of hydrogen-bond donors (Lipinski definition) is 1. The van der Waals surface area contributed by atoms with E-state index in [1.165, 1.54) is 4.90 Å². The van der Waals surface area contributed by atoms with Crippen LogP contribution in [0.1, 0.15) is 18.5 Å². The van der Waals surface area contributed by atoms with E-state index in [1.54, 1.807) is 52.9 Å². The molecule has 0 aliphatic carbocycles. The van der Waals surface area contributed by atoms with Gasteiger partial charge in [-0.25, -0.2) is 4.68 Å². The Balaban J connectivity index is 1.36. The molecule has 2 aromatic carbocycles. The van der Waals surface area contributed by atoms with Gasteiger partial charge in [0.15, 0.2) is 0 Å². The van der Waals surface area contributed by atoms with Crippen molar-refractivity contribution in [3.8, 4) is 0 Å². The second-order valence-corrected chi connectivity index (χ2v) is 11.1. The summed E-state index contributed by atoms with van der Waals surface area (Å²) in [5, 5.41) is 19.1. The van der Waals surface area contributed by atoms with Gasteiger partial charge in [-0.05, 0) is 30.7 Å². The molecule has 4 aliphatic rings. The number of cyclic esters (lactones) is 1. The average molecular weight is 556 g/mol. The van der Waals surface area contributed by atoms with E-state index in [4.69, 9.17) is 9.47 Å². The number of aromatic nitrogens is 3. The molecule has 3 aromatic rings. The van der Waals surface area contributed by atoms with E-state index in [0.29, 0.717) is 11.1 Å². The fourth-order valence-electron chi connectivity index (χ4n) is 7.02. The standard InChI is InChI=1S/C30H29N5O6/c1-29-13-8-16-40-28(39)24(29)23-26(37)35(22(17-36)19-9-3-2-4-10-19)25-27(38)33(15-7-14-30(23,25)41-29)18-34-21-12-6-5-11-20(21)31-32-34/h2-14,22-25,36H,15-18H2,1H3/t22-,23+,24-,25?,29+,30+/m1/s1. The third-order valence-electron chi connectivity index (χ3n) is 8.75. The molecule has 0 saturated carbocycles. The molecule has 11 heteroatoms. The van der Waals surface area contributed by atoms with Crippen LogP contribution in [0, 0.1) is 11.8 Å². The Hall–Kier alpha value is -4.35. The number of esters is 1. The molecule has 2 amide bonds. The Morgan fingerprint density at radius 3 is 2.59 bits per heavy atom. The summed E-state index contributed by atoms with van der Waals surface area (Å²) in [6.45, 7) is 1.71. The summed E-state index contributed by atoms with van der Waals surface area (Å²) in [6, 6.07) is 14.5. The van der Waals surface area contributed by atoms with Crippen molar-refractivity contribution in [2.75, 3.05) is 19.8 Å². The molecule has 1 N–H and O–H groups in total. The molecule has 1 aromatic heterocycles. The van der Waals surface area contributed by atoms with Crippen molar-refractivity contribution in [1.82, 2.24) is 24.8 Å². The van der Waals surface area contributed by atoms with Crippen LogP contribution in [0.5, 0.6) is 0 Å². The lowest BCUT2D eigenvalue weighted by Crippen LogP contribution is -2.57. The van der Waals surface area contributed by atoms with Gasteiger partial charge in [0, 0.05) is 6.54 Å². The molecule has 2 fully saturated rings. The summed E-state index contributed by atoms with van der Waals surface area (Å²) in [7, 11) is 0. The number of carbonyl (C=O) groups excluding carboxylic acids is 3. The number of aliphatic hydroxyl groups is 1. The van der Waals surface area contributed by atoms with Crippen molar-refractivity contribution in [2.24, 2.45) is 11.8 Å². The van der Waals surface area contributed by atoms with E-state index in [1.807, 2.05) is 42.5 Å². The third kappa shape index (κ3) is 3.69. The van der Waals surface area contributed by atoms with Gasteiger partial charge in [0.1, 0.15) is 36.4 Å². The van der Waals surface area contributed by atoms with Crippen LogP contribution in [0.3, 0.4) is 0 Å². The van der Waals surface area contributed by atoms with Crippen LogP contribution in [-0.4, -0.2) is 84.7 Å². The summed E-state index contributed by atoms with van der Waals surface area (Å²) in [6.07, 6.45) is 7.03. The van der Waals surface area contributed by atoms with Crippen molar-refractivity contribution >= 4 is 28.8 Å². The Bertz CT molecular complexity index is 1600. The van der Waals surface area contributed by atoms with Gasteiger partial charge in [-0.1, -0.05) is 65.9 Å². The van der Waals surface area contributed by atoms with Crippen LogP contribution in [0.2, 0.25) is 0 Å². The molecule has 5 heterocycles. The van der Waals surface area contributed by atoms with Gasteiger partial charge in [0.2, 0.25) is 5.91 Å². The molecular formula is C30H29N5O6. The molecule has 0 radical (unpaired) electrons. The lowest BCUT2D eigenvalue weighted by molar-refractivity contribution is -0.160. The number of rotatable bonds is 5. The fourth-order valence-corrected chi connectivity index (χ4v) is 7.02. The predicted octanol–water partition coefficient (Wildman–Crippen LogP) is 1.60. The van der Waals surface area contributed by atoms with Crippen LogP contribution in [-0.2, 0) is 30.5 Å². The first kappa shape index (κ1) is 25.6. The highest BCUT2D eigenvalue weighted by atomic mass is 16.6. The molecule has 210 valence electrons. The lowest BCUT2D eigenvalue weighted by Gasteiger charge is -2.40. The summed E-state index contributed by atoms with van der Waals surface area (Å²) >= 11 is 0. The largest absolute Gasteiger partial charge is 0.461 e. The Morgan fingerprint density at radius 1 is 1.00 bits per heavy atom. The Labute approximate surface area is 235 Å². The van der Waals surface area contributed by atoms with E-state index in [9.17, 15) is 19.5 Å². The van der Waals surface area contributed by atoms with E-state index in [2.05, 4.69) is 10.3 Å². The first-order valence-electron chi connectivity index (χ1n) is 13.7. The quantitative estimate of drug-likeness (QED) is 0.372. The minimum atomic E-state index is -1.46. The van der Waals surface area contributed by atoms with Crippen LogP contribution in [0.4, 0.5) is 0 Å². The van der Waals surface area contributed by atoms with Crippen molar-refractivity contribution in [2.45, 2.75) is 36.9 Å². The van der Waals surface area contributed by atoms with Gasteiger partial charge in [-0.2, -0.15) is 0 Å². The molecular weight excluding hydrogens is 526 g/mol. The van der Waals surface area contributed by atoms with Gasteiger partial charge in [0.05, 0.1) is 29.7 Å². The van der Waals surface area contributed by atoms with E-state index < -0.39 is 53.6 Å². The van der Waals surface area contributed by atoms with Crippen molar-refractivity contribution in [3.63, 3.8) is 0 Å². The molecule has 2 saturated heterocycles. The minimum absolute atomic E-state index is 0.0764. The number of nitrogens with zero attached hydrogens (tertiary/aromatic N) is 5. The zero-order valence-corrected chi connectivity index (χ0v) is 22.4. The second kappa shape index (κ2) is 9.35. The lowest BCUT2D eigenvalue weighted by atomic mass is 9.75. The molecule has 11 nitrogen and oxygen atoms in total. The smallest absolute Gasteiger partial charge is 0.313 e. The van der Waals surface area contributed by atoms with E-state index in [0.717, 1.165) is 5.52 Å². The fraction of sp³-hybridized carbons (Fsp3) is 0.367. The zero-order valence-electron chi connectivity index (χ0n) is 22.4. The van der Waals surface area contributed by atoms with Crippen molar-refractivity contribution < 1.29 is 29.0 Å². The third-order valence-corrected chi connectivity index (χ3v) is 8.75. The normalized spacial score (nSPS) is 31.5. The highest BCUT2D eigenvalue weighted by molar-refractivity contribution is 5.99. The number of hydrogen-bond acceptors (Lipinski definition) is 8. The number of fused-ring (bicyclic) bond motifs is 3. The van der Waals surface area contributed by atoms with Gasteiger partial charge < -0.3 is 24.4 Å². The zero-order chi connectivity index (χ0) is 28.4. The molecule has 6 atom stereocenters. The number of ether oxygens (including phenoxy) is 2. The summed E-state index contributed by atoms with van der Waals surface area (Å²) in [4.78, 5) is 45.5. The summed E-state index contributed by atoms with van der Waals surface area (Å²) in [5.41, 5.74) is -0.504. The number of benzene rings is 2. The van der Waals surface area contributed by atoms with Crippen LogP contribution < -0.4 is 0 Å². The highest BCUT2D eigenvalue weighted by Crippen LogP contribution is 2.58. The highest BCUT2D eigenvalue weighted by Gasteiger charge is 2.75. The molecule has 0 bridgehead atoms. The number of para-hydroxylation sites is 1. The first-order valence-corrected chi connectivity index (χ1v) is 13.7. The van der Waals surface area contributed by atoms with Crippen LogP contribution >= 0.6 is 0 Å². The summed E-state index contributed by atoms with van der Waals surface area (Å²) in [5.74, 6) is -3.37. The van der Waals surface area contributed by atoms with E-state index in [-0.39, 0.29) is 25.7 Å². The minimum Gasteiger partial charge on any atom is -0.461 e. The SMILES string of the molecule is C[C@]12C=CCOC(=O)[C@H]1[C@H]1C(=O)N([C@H](CO)c3ccccc3)C3C(=O)N(Cn4nnc5ccccc54)CC=C[C@@]31O2. The number of amides is 2. The maximum absolute atomic E-state index is 14.6. The van der Waals surface area contributed by atoms with Gasteiger partial charge >= 0.3 is 5.97 Å². The van der Waals surface area contributed by atoms with Gasteiger partial charge in [-0.3, -0.25) is 14.4 Å². The number of likely N-dealkylation sites (tertiary alicyclic amines) is 1. The molecule has 1 unspecified atom stereocenters. The van der Waals surface area contributed by atoms with Gasteiger partial charge in [0.25, 0.3) is 5.91 Å². The first-order chi connectivity index (χ1) is 19.9. The Morgan fingerprint density at radius 2 is 1.78 bits per heavy atom. The van der Waals surface area contributed by atoms with E-state index >= 15 is 0 Å². The topological polar surface area (TPSA) is 127 Å². The monoisotopic (exact) mass is 555 g/mol. The van der Waals surface area contributed by atoms with Crippen molar-refractivity contribution in [1.29, 1.82) is 0 Å². The Kier molecular flexibility index (Phi) is 5.84. The molecule has 1 spiro atoms. The maximum Gasteiger partial charge on any atom is 0.313 e. The molecule has 7 rings (SSSR count). The number of carbonyl (C=O) groups is 3. The van der Waals surface area contributed by atoms with Crippen molar-refractivity contribution in [3.05, 3.63) is 84.5 Å². The molecule has 41 heavy (non-hydrogen) atoms. The second-order valence-electron chi connectivity index (χ2n) is 11.1. The summed E-state index contributed by atoms with van der Waals surface area (Å²) < 4.78 is 13.8. The van der Waals surface area contributed by atoms with Crippen LogP contribution in [0.25, 0.3) is 11.0 Å². The molecule has 4 aliphatic heterocycles. The number of aliphatic hydroxyl groups excluding tert-OH is 1. The predicted molar refractivity (Wildman–Crippen MR) is 145 cm³/mol. The maximum atomic E-state index is 14.6. The average Bonchev–Trinajstić information content (AvgIpc) is 3.50. The van der Waals surface area contributed by atoms with Crippen LogP contribution in [0.15, 0.2) is 78.9 Å². The van der Waals surface area contributed by atoms with Gasteiger partial charge in [-0.15, -0.1) is 5.10 Å².